The zero-order chi connectivity index (χ0) is 18.4. The number of amides is 1. The topological polar surface area (TPSA) is 99.1 Å². The summed E-state index contributed by atoms with van der Waals surface area (Å²) in [6.45, 7) is 0.00700. The lowest BCUT2D eigenvalue weighted by Gasteiger charge is -2.34. The lowest BCUT2D eigenvalue weighted by molar-refractivity contribution is -0.127. The van der Waals surface area contributed by atoms with Gasteiger partial charge in [-0.3, -0.25) is 9.52 Å². The lowest BCUT2D eigenvalue weighted by Crippen LogP contribution is -2.38. The van der Waals surface area contributed by atoms with Gasteiger partial charge in [0, 0.05) is 16.9 Å². The molecule has 1 aliphatic rings. The molecule has 1 unspecified atom stereocenters. The van der Waals surface area contributed by atoms with Crippen LogP contribution in [0.3, 0.4) is 0 Å². The van der Waals surface area contributed by atoms with Crippen molar-refractivity contribution in [1.82, 2.24) is 5.32 Å². The summed E-state index contributed by atoms with van der Waals surface area (Å²) in [6, 6.07) is 9.04. The van der Waals surface area contributed by atoms with E-state index in [1.54, 1.807) is 18.2 Å². The van der Waals surface area contributed by atoms with Crippen LogP contribution in [0, 0.1) is 23.2 Å². The average Bonchev–Trinajstić information content (AvgIpc) is 2.57. The monoisotopic (exact) mass is 381 g/mol. The maximum atomic E-state index is 12.4. The molecule has 1 aromatic rings. The molecule has 8 heteroatoms. The Balaban J connectivity index is 2.19. The number of hydrogen-bond donors (Lipinski definition) is 3. The van der Waals surface area contributed by atoms with Crippen LogP contribution >= 0.6 is 12.6 Å². The first-order chi connectivity index (χ1) is 11.8. The number of thiol groups is 1. The molecule has 3 atom stereocenters. The number of anilines is 1. The van der Waals surface area contributed by atoms with E-state index < -0.39 is 10.0 Å². The lowest BCUT2D eigenvalue weighted by atomic mass is 9.75. The molecule has 1 aromatic carbocycles. The van der Waals surface area contributed by atoms with Crippen molar-refractivity contribution < 1.29 is 13.2 Å². The number of nitriles is 1. The van der Waals surface area contributed by atoms with Crippen LogP contribution in [-0.2, 0) is 14.8 Å². The molecule has 0 aliphatic heterocycles. The molecule has 1 aliphatic carbocycles. The summed E-state index contributed by atoms with van der Waals surface area (Å²) in [6.07, 6.45) is 4.78. The minimum absolute atomic E-state index is 0.00700. The number of carbonyl (C=O) groups excluding carboxylic acids is 1. The van der Waals surface area contributed by atoms with Gasteiger partial charge >= 0.3 is 0 Å². The molecule has 0 spiro atoms. The first-order valence-corrected chi connectivity index (χ1v) is 10.6. The van der Waals surface area contributed by atoms with Gasteiger partial charge in [0.15, 0.2) is 0 Å². The zero-order valence-corrected chi connectivity index (χ0v) is 15.8. The zero-order valence-electron chi connectivity index (χ0n) is 14.1. The number of hydrogen-bond acceptors (Lipinski definition) is 5. The Morgan fingerprint density at radius 2 is 2.12 bits per heavy atom. The van der Waals surface area contributed by atoms with Gasteiger partial charge in [-0.25, -0.2) is 8.42 Å². The Bertz CT molecular complexity index is 759. The maximum Gasteiger partial charge on any atom is 0.229 e. The van der Waals surface area contributed by atoms with Crippen molar-refractivity contribution in [3.63, 3.8) is 0 Å². The predicted octanol–water partition coefficient (Wildman–Crippen LogP) is 2.48. The van der Waals surface area contributed by atoms with Crippen molar-refractivity contribution in [2.24, 2.45) is 11.8 Å². The van der Waals surface area contributed by atoms with Gasteiger partial charge in [0.2, 0.25) is 15.9 Å². The molecule has 0 radical (unpaired) electrons. The summed E-state index contributed by atoms with van der Waals surface area (Å²) in [4.78, 5) is 12.4. The van der Waals surface area contributed by atoms with Crippen molar-refractivity contribution >= 4 is 34.2 Å². The highest BCUT2D eigenvalue weighted by atomic mass is 32.2. The summed E-state index contributed by atoms with van der Waals surface area (Å²) in [5.74, 6) is -0.240. The number of carbonyl (C=O) groups is 1. The van der Waals surface area contributed by atoms with Crippen LogP contribution in [0.1, 0.15) is 36.5 Å². The van der Waals surface area contributed by atoms with Crippen LogP contribution in [0.2, 0.25) is 0 Å². The van der Waals surface area contributed by atoms with E-state index in [2.05, 4.69) is 10.0 Å². The van der Waals surface area contributed by atoms with Gasteiger partial charge in [0.05, 0.1) is 12.3 Å². The highest BCUT2D eigenvalue weighted by Gasteiger charge is 2.35. The number of benzene rings is 1. The average molecular weight is 382 g/mol. The minimum Gasteiger partial charge on any atom is -0.343 e. The van der Waals surface area contributed by atoms with Gasteiger partial charge in [0.25, 0.3) is 0 Å². The first-order valence-electron chi connectivity index (χ1n) is 8.22. The second kappa shape index (κ2) is 8.59. The van der Waals surface area contributed by atoms with Crippen LogP contribution < -0.4 is 10.0 Å². The highest BCUT2D eigenvalue weighted by Crippen LogP contribution is 2.42. The molecule has 0 bridgehead atoms. The SMILES string of the molecule is CS(=O)(=O)Nc1cccc(C(S)[C@H]2CCCC[C@@H]2C(=O)NCC#N)c1. The molecular weight excluding hydrogens is 358 g/mol. The summed E-state index contributed by atoms with van der Waals surface area (Å²) in [5.41, 5.74) is 1.36. The van der Waals surface area contributed by atoms with E-state index in [0.29, 0.717) is 5.69 Å². The normalized spacial score (nSPS) is 21.8. The fourth-order valence-corrected chi connectivity index (χ4v) is 4.44. The second-order valence-corrected chi connectivity index (χ2v) is 8.68. The quantitative estimate of drug-likeness (QED) is 0.521. The molecule has 25 heavy (non-hydrogen) atoms. The third-order valence-corrected chi connectivity index (χ3v) is 5.72. The van der Waals surface area contributed by atoms with Crippen molar-refractivity contribution in [3.05, 3.63) is 29.8 Å². The Hall–Kier alpha value is -1.72. The summed E-state index contributed by atoms with van der Waals surface area (Å²) in [5, 5.41) is 11.1. The van der Waals surface area contributed by atoms with E-state index in [1.807, 2.05) is 12.1 Å². The van der Waals surface area contributed by atoms with E-state index in [9.17, 15) is 13.2 Å². The first kappa shape index (κ1) is 19.6. The van der Waals surface area contributed by atoms with Crippen LogP contribution in [0.5, 0.6) is 0 Å². The maximum absolute atomic E-state index is 12.4. The van der Waals surface area contributed by atoms with Crippen molar-refractivity contribution in [2.75, 3.05) is 17.5 Å². The molecule has 0 aromatic heterocycles. The van der Waals surface area contributed by atoms with E-state index in [-0.39, 0.29) is 29.5 Å². The fraction of sp³-hybridized carbons (Fsp3) is 0.529. The molecule has 0 heterocycles. The molecule has 1 amide bonds. The molecular formula is C17H23N3O3S2. The van der Waals surface area contributed by atoms with Gasteiger partial charge in [-0.2, -0.15) is 17.9 Å². The summed E-state index contributed by atoms with van der Waals surface area (Å²) < 4.78 is 25.3. The molecule has 136 valence electrons. The standard InChI is InChI=1S/C17H23N3O3S2/c1-25(22,23)20-13-6-4-5-12(11-13)16(24)14-7-2-3-8-15(14)17(21)19-10-9-18/h4-6,11,14-16,20,24H,2-3,7-8,10H2,1H3,(H,19,21)/t14-,15-,16?/m0/s1. The summed E-state index contributed by atoms with van der Waals surface area (Å²) in [7, 11) is -3.35. The molecule has 0 saturated heterocycles. The second-order valence-electron chi connectivity index (χ2n) is 6.38. The molecule has 2 N–H and O–H groups in total. The number of sulfonamides is 1. The van der Waals surface area contributed by atoms with Crippen LogP contribution in [0.4, 0.5) is 5.69 Å². The van der Waals surface area contributed by atoms with Gasteiger partial charge in [-0.1, -0.05) is 25.0 Å². The smallest absolute Gasteiger partial charge is 0.229 e. The van der Waals surface area contributed by atoms with Crippen molar-refractivity contribution in [1.29, 1.82) is 5.26 Å². The van der Waals surface area contributed by atoms with Crippen molar-refractivity contribution in [2.45, 2.75) is 30.9 Å². The molecule has 2 rings (SSSR count). The van der Waals surface area contributed by atoms with Crippen LogP contribution in [0.15, 0.2) is 24.3 Å². The van der Waals surface area contributed by atoms with E-state index in [4.69, 9.17) is 17.9 Å². The number of nitrogens with zero attached hydrogens (tertiary/aromatic N) is 1. The Labute approximate surface area is 154 Å². The number of rotatable bonds is 6. The molecule has 1 fully saturated rings. The van der Waals surface area contributed by atoms with Gasteiger partial charge in [-0.15, -0.1) is 0 Å². The minimum atomic E-state index is -3.35. The molecule has 6 nitrogen and oxygen atoms in total. The summed E-state index contributed by atoms with van der Waals surface area (Å²) >= 11 is 4.74. The third-order valence-electron chi connectivity index (χ3n) is 4.43. The Kier molecular flexibility index (Phi) is 6.73. The molecule has 1 saturated carbocycles. The third kappa shape index (κ3) is 5.65. The van der Waals surface area contributed by atoms with Gasteiger partial charge in [0.1, 0.15) is 6.54 Å². The highest BCUT2D eigenvalue weighted by molar-refractivity contribution is 7.92. The Morgan fingerprint density at radius 1 is 1.40 bits per heavy atom. The fourth-order valence-electron chi connectivity index (χ4n) is 3.37. The predicted molar refractivity (Wildman–Crippen MR) is 101 cm³/mol. The van der Waals surface area contributed by atoms with Gasteiger partial charge < -0.3 is 5.32 Å². The number of nitrogens with one attached hydrogen (secondary N) is 2. The van der Waals surface area contributed by atoms with Crippen LogP contribution in [0.25, 0.3) is 0 Å². The van der Waals surface area contributed by atoms with E-state index >= 15 is 0 Å². The van der Waals surface area contributed by atoms with E-state index in [0.717, 1.165) is 37.5 Å². The van der Waals surface area contributed by atoms with E-state index in [1.165, 1.54) is 0 Å². The van der Waals surface area contributed by atoms with Gasteiger partial charge in [-0.05, 0) is 36.5 Å². The Morgan fingerprint density at radius 3 is 2.80 bits per heavy atom. The largest absolute Gasteiger partial charge is 0.343 e. The van der Waals surface area contributed by atoms with Crippen LogP contribution in [-0.4, -0.2) is 27.1 Å². The van der Waals surface area contributed by atoms with Crippen molar-refractivity contribution in [3.8, 4) is 6.07 Å².